The highest BCUT2D eigenvalue weighted by atomic mass is 32.1. The van der Waals surface area contributed by atoms with Crippen LogP contribution in [0.1, 0.15) is 46.5 Å². The Morgan fingerprint density at radius 3 is 2.33 bits per heavy atom. The molecule has 0 aromatic rings. The minimum absolute atomic E-state index is 0.0278. The summed E-state index contributed by atoms with van der Waals surface area (Å²) in [6.45, 7) is 6.61. The number of nitrogens with two attached hydrogens (primary N) is 1. The third-order valence-electron chi connectivity index (χ3n) is 3.95. The molecule has 0 atom stereocenters. The van der Waals surface area contributed by atoms with Crippen molar-refractivity contribution in [2.24, 2.45) is 11.1 Å². The van der Waals surface area contributed by atoms with Crippen molar-refractivity contribution >= 4 is 23.1 Å². The molecule has 0 aliphatic heterocycles. The molecule has 0 heterocycles. The van der Waals surface area contributed by atoms with Crippen molar-refractivity contribution in [3.8, 4) is 0 Å². The smallest absolute Gasteiger partial charge is 0.233 e. The molecule has 1 rings (SSSR count). The zero-order valence-corrected chi connectivity index (χ0v) is 12.3. The van der Waals surface area contributed by atoms with Crippen LogP contribution in [-0.2, 0) is 9.53 Å². The minimum atomic E-state index is -0.688. The maximum Gasteiger partial charge on any atom is 0.233 e. The Morgan fingerprint density at radius 2 is 1.94 bits per heavy atom. The molecule has 1 saturated carbocycles. The standard InChI is InChI=1S/C13H24N2O2S/c1-4-13(5-2,11(14)18)12(16)15-9-7-10(8-9)17-6-3/h9-10H,4-8H2,1-3H3,(H2,14,18)(H,15,16). The number of carbonyl (C=O) groups excluding carboxylic acids is 1. The molecule has 3 N–H and O–H groups in total. The Bertz CT molecular complexity index is 310. The lowest BCUT2D eigenvalue weighted by atomic mass is 9.80. The average molecular weight is 272 g/mol. The Morgan fingerprint density at radius 1 is 1.39 bits per heavy atom. The second kappa shape index (κ2) is 6.48. The van der Waals surface area contributed by atoms with E-state index in [0.717, 1.165) is 19.4 Å². The van der Waals surface area contributed by atoms with Gasteiger partial charge >= 0.3 is 0 Å². The predicted octanol–water partition coefficient (Wildman–Crippen LogP) is 1.76. The quantitative estimate of drug-likeness (QED) is 0.693. The van der Waals surface area contributed by atoms with Crippen LogP contribution >= 0.6 is 12.2 Å². The zero-order chi connectivity index (χ0) is 13.8. The van der Waals surface area contributed by atoms with Gasteiger partial charge in [0.15, 0.2) is 0 Å². The summed E-state index contributed by atoms with van der Waals surface area (Å²) in [5.74, 6) is -0.0278. The van der Waals surface area contributed by atoms with Gasteiger partial charge in [0.05, 0.1) is 16.5 Å². The first-order chi connectivity index (χ1) is 8.50. The topological polar surface area (TPSA) is 64.3 Å². The van der Waals surface area contributed by atoms with Crippen molar-refractivity contribution in [2.45, 2.75) is 58.6 Å². The first-order valence-electron chi connectivity index (χ1n) is 6.72. The fraction of sp³-hybridized carbons (Fsp3) is 0.846. The molecule has 0 radical (unpaired) electrons. The summed E-state index contributed by atoms with van der Waals surface area (Å²) >= 11 is 5.07. The summed E-state index contributed by atoms with van der Waals surface area (Å²) < 4.78 is 5.47. The van der Waals surface area contributed by atoms with Crippen molar-refractivity contribution in [3.05, 3.63) is 0 Å². The highest BCUT2D eigenvalue weighted by Crippen LogP contribution is 2.30. The fourth-order valence-corrected chi connectivity index (χ4v) is 2.79. The molecule has 5 heteroatoms. The van der Waals surface area contributed by atoms with Gasteiger partial charge in [-0.15, -0.1) is 0 Å². The molecular weight excluding hydrogens is 248 g/mol. The summed E-state index contributed by atoms with van der Waals surface area (Å²) in [6.07, 6.45) is 3.36. The third-order valence-corrected chi connectivity index (χ3v) is 4.34. The number of nitrogens with one attached hydrogen (secondary N) is 1. The molecule has 1 aliphatic rings. The zero-order valence-electron chi connectivity index (χ0n) is 11.5. The van der Waals surface area contributed by atoms with E-state index in [1.807, 2.05) is 20.8 Å². The second-order valence-electron chi connectivity index (χ2n) is 4.87. The van der Waals surface area contributed by atoms with Crippen molar-refractivity contribution in [1.82, 2.24) is 5.32 Å². The molecule has 1 amide bonds. The SMILES string of the molecule is CCOC1CC(NC(=O)C(CC)(CC)C(N)=S)C1. The van der Waals surface area contributed by atoms with E-state index in [1.165, 1.54) is 0 Å². The monoisotopic (exact) mass is 272 g/mol. The summed E-state index contributed by atoms with van der Waals surface area (Å²) in [5, 5.41) is 3.04. The first-order valence-corrected chi connectivity index (χ1v) is 7.13. The van der Waals surface area contributed by atoms with Gasteiger partial charge in [0.1, 0.15) is 0 Å². The van der Waals surface area contributed by atoms with E-state index in [-0.39, 0.29) is 11.9 Å². The van der Waals surface area contributed by atoms with Gasteiger partial charge < -0.3 is 15.8 Å². The largest absolute Gasteiger partial charge is 0.392 e. The number of hydrogen-bond donors (Lipinski definition) is 2. The van der Waals surface area contributed by atoms with Crippen molar-refractivity contribution < 1.29 is 9.53 Å². The molecule has 0 aromatic carbocycles. The number of rotatable bonds is 7. The van der Waals surface area contributed by atoms with Crippen LogP contribution in [0, 0.1) is 5.41 Å². The number of carbonyl (C=O) groups is 1. The van der Waals surface area contributed by atoms with E-state index >= 15 is 0 Å². The van der Waals surface area contributed by atoms with Crippen molar-refractivity contribution in [3.63, 3.8) is 0 Å². The summed E-state index contributed by atoms with van der Waals surface area (Å²) in [7, 11) is 0. The molecule has 0 saturated heterocycles. The number of thiocarbonyl (C=S) groups is 1. The van der Waals surface area contributed by atoms with Crippen LogP contribution in [0.2, 0.25) is 0 Å². The van der Waals surface area contributed by atoms with Gasteiger partial charge in [0, 0.05) is 12.6 Å². The van der Waals surface area contributed by atoms with Crippen LogP contribution < -0.4 is 11.1 Å². The highest BCUT2D eigenvalue weighted by Gasteiger charge is 2.41. The van der Waals surface area contributed by atoms with E-state index in [1.54, 1.807) is 0 Å². The van der Waals surface area contributed by atoms with Gasteiger partial charge in [-0.05, 0) is 32.6 Å². The molecule has 1 aliphatic carbocycles. The third kappa shape index (κ3) is 3.01. The molecule has 0 aromatic heterocycles. The summed E-state index contributed by atoms with van der Waals surface area (Å²) in [5.41, 5.74) is 5.06. The maximum atomic E-state index is 12.3. The first kappa shape index (κ1) is 15.4. The van der Waals surface area contributed by atoms with E-state index in [0.29, 0.717) is 23.9 Å². The van der Waals surface area contributed by atoms with E-state index in [9.17, 15) is 4.79 Å². The van der Waals surface area contributed by atoms with Gasteiger partial charge in [-0.3, -0.25) is 4.79 Å². The van der Waals surface area contributed by atoms with Crippen LogP contribution in [0.5, 0.6) is 0 Å². The van der Waals surface area contributed by atoms with Crippen molar-refractivity contribution in [2.75, 3.05) is 6.61 Å². The Balaban J connectivity index is 2.52. The van der Waals surface area contributed by atoms with Crippen LogP contribution in [0.25, 0.3) is 0 Å². The summed E-state index contributed by atoms with van der Waals surface area (Å²) in [4.78, 5) is 12.6. The number of amides is 1. The second-order valence-corrected chi connectivity index (χ2v) is 5.31. The normalized spacial score (nSPS) is 23.3. The van der Waals surface area contributed by atoms with Gasteiger partial charge in [-0.1, -0.05) is 26.1 Å². The Hall–Kier alpha value is -0.680. The molecule has 0 bridgehead atoms. The summed E-state index contributed by atoms with van der Waals surface area (Å²) in [6, 6.07) is 0.209. The van der Waals surface area contributed by atoms with E-state index < -0.39 is 5.41 Å². The fourth-order valence-electron chi connectivity index (χ4n) is 2.41. The van der Waals surface area contributed by atoms with Gasteiger partial charge in [0.25, 0.3) is 0 Å². The molecule has 0 unspecified atom stereocenters. The van der Waals surface area contributed by atoms with E-state index in [2.05, 4.69) is 5.32 Å². The van der Waals surface area contributed by atoms with E-state index in [4.69, 9.17) is 22.7 Å². The van der Waals surface area contributed by atoms with Crippen LogP contribution in [0.4, 0.5) is 0 Å². The van der Waals surface area contributed by atoms with Crippen LogP contribution in [0.15, 0.2) is 0 Å². The lowest BCUT2D eigenvalue weighted by molar-refractivity contribution is -0.130. The molecule has 18 heavy (non-hydrogen) atoms. The van der Waals surface area contributed by atoms with Crippen LogP contribution in [0.3, 0.4) is 0 Å². The molecular formula is C13H24N2O2S. The van der Waals surface area contributed by atoms with Crippen LogP contribution in [-0.4, -0.2) is 29.6 Å². The Kier molecular flexibility index (Phi) is 5.53. The minimum Gasteiger partial charge on any atom is -0.392 e. The number of ether oxygens (including phenoxy) is 1. The predicted molar refractivity (Wildman–Crippen MR) is 76.4 cm³/mol. The van der Waals surface area contributed by atoms with Gasteiger partial charge in [-0.25, -0.2) is 0 Å². The molecule has 0 spiro atoms. The van der Waals surface area contributed by atoms with Gasteiger partial charge in [0.2, 0.25) is 5.91 Å². The lowest BCUT2D eigenvalue weighted by Gasteiger charge is -2.38. The lowest BCUT2D eigenvalue weighted by Crippen LogP contribution is -2.55. The molecule has 4 nitrogen and oxygen atoms in total. The highest BCUT2D eigenvalue weighted by molar-refractivity contribution is 7.80. The Labute approximate surface area is 115 Å². The van der Waals surface area contributed by atoms with Crippen molar-refractivity contribution in [1.29, 1.82) is 0 Å². The maximum absolute atomic E-state index is 12.3. The van der Waals surface area contributed by atoms with Gasteiger partial charge in [-0.2, -0.15) is 0 Å². The number of hydrogen-bond acceptors (Lipinski definition) is 3. The average Bonchev–Trinajstić information content (AvgIpc) is 2.28. The molecule has 104 valence electrons. The molecule has 1 fully saturated rings.